The van der Waals surface area contributed by atoms with Crippen LogP contribution in [0.25, 0.3) is 11.1 Å². The first-order chi connectivity index (χ1) is 9.47. The summed E-state index contributed by atoms with van der Waals surface area (Å²) in [4.78, 5) is 10.7. The van der Waals surface area contributed by atoms with Crippen LogP contribution in [0.1, 0.15) is 5.82 Å². The number of rotatable bonds is 4. The molecule has 0 aliphatic heterocycles. The molecule has 2 aromatic rings. The lowest BCUT2D eigenvalue weighted by Gasteiger charge is -2.11. The number of halogens is 3. The molecule has 1 aromatic heterocycles. The van der Waals surface area contributed by atoms with Gasteiger partial charge in [-0.3, -0.25) is 0 Å². The normalized spacial score (nSPS) is 11.1. The molecule has 0 aliphatic rings. The zero-order valence-corrected chi connectivity index (χ0v) is 14.3. The van der Waals surface area contributed by atoms with Crippen molar-refractivity contribution in [1.82, 2.24) is 14.9 Å². The van der Waals surface area contributed by atoms with E-state index in [1.807, 2.05) is 38.4 Å². The average molecular weight is 375 g/mol. The second-order valence-corrected chi connectivity index (χ2v) is 6.29. The first kappa shape index (κ1) is 15.7. The summed E-state index contributed by atoms with van der Waals surface area (Å²) in [5.41, 5.74) is 1.57. The molecule has 0 saturated carbocycles. The largest absolute Gasteiger partial charge is 0.309 e. The second kappa shape index (κ2) is 6.85. The minimum Gasteiger partial charge on any atom is -0.309 e. The van der Waals surface area contributed by atoms with Gasteiger partial charge in [0.2, 0.25) is 0 Å². The maximum atomic E-state index is 6.27. The quantitative estimate of drug-likeness (QED) is 0.746. The monoisotopic (exact) mass is 373 g/mol. The van der Waals surface area contributed by atoms with Crippen molar-refractivity contribution >= 4 is 39.1 Å². The van der Waals surface area contributed by atoms with Crippen LogP contribution in [-0.2, 0) is 6.42 Å². The Morgan fingerprint density at radius 1 is 1.15 bits per heavy atom. The van der Waals surface area contributed by atoms with Gasteiger partial charge >= 0.3 is 0 Å². The number of benzene rings is 1. The van der Waals surface area contributed by atoms with Gasteiger partial charge in [-0.1, -0.05) is 51.3 Å². The number of hydrogen-bond acceptors (Lipinski definition) is 3. The molecule has 0 bridgehead atoms. The minimum atomic E-state index is 0.386. The SMILES string of the molecule is CN(C)CCc1nc(Cl)c(-c2cccc(Br)c2)c(Cl)n1. The molecule has 0 amide bonds. The molecule has 0 aliphatic carbocycles. The first-order valence-corrected chi connectivity index (χ1v) is 7.65. The van der Waals surface area contributed by atoms with E-state index in [2.05, 4.69) is 30.8 Å². The number of hydrogen-bond donors (Lipinski definition) is 0. The molecule has 0 spiro atoms. The Balaban J connectivity index is 2.36. The molecule has 0 atom stereocenters. The van der Waals surface area contributed by atoms with Crippen molar-refractivity contribution in [1.29, 1.82) is 0 Å². The first-order valence-electron chi connectivity index (χ1n) is 6.10. The van der Waals surface area contributed by atoms with E-state index in [-0.39, 0.29) is 0 Å². The zero-order chi connectivity index (χ0) is 14.7. The summed E-state index contributed by atoms with van der Waals surface area (Å²) in [5.74, 6) is 0.660. The highest BCUT2D eigenvalue weighted by atomic mass is 79.9. The predicted molar refractivity (Wildman–Crippen MR) is 87.4 cm³/mol. The molecular formula is C14H14BrCl2N3. The van der Waals surface area contributed by atoms with E-state index in [9.17, 15) is 0 Å². The Bertz CT molecular complexity index is 594. The summed E-state index contributed by atoms with van der Waals surface area (Å²) in [6.45, 7) is 0.850. The number of nitrogens with zero attached hydrogens (tertiary/aromatic N) is 3. The van der Waals surface area contributed by atoms with Gasteiger partial charge in [0.15, 0.2) is 0 Å². The van der Waals surface area contributed by atoms with Crippen LogP contribution in [0.3, 0.4) is 0 Å². The Morgan fingerprint density at radius 2 is 1.80 bits per heavy atom. The zero-order valence-electron chi connectivity index (χ0n) is 11.2. The van der Waals surface area contributed by atoms with Crippen LogP contribution < -0.4 is 0 Å². The van der Waals surface area contributed by atoms with Crippen molar-refractivity contribution in [2.24, 2.45) is 0 Å². The van der Waals surface area contributed by atoms with Crippen molar-refractivity contribution in [3.05, 3.63) is 44.9 Å². The molecule has 6 heteroatoms. The molecule has 3 nitrogen and oxygen atoms in total. The van der Waals surface area contributed by atoms with Crippen molar-refractivity contribution < 1.29 is 0 Å². The van der Waals surface area contributed by atoms with Crippen molar-refractivity contribution in [3.63, 3.8) is 0 Å². The smallest absolute Gasteiger partial charge is 0.142 e. The van der Waals surface area contributed by atoms with E-state index in [1.54, 1.807) is 0 Å². The molecule has 0 fully saturated rings. The van der Waals surface area contributed by atoms with Gasteiger partial charge in [0.1, 0.15) is 16.1 Å². The van der Waals surface area contributed by atoms with Gasteiger partial charge in [0, 0.05) is 17.4 Å². The van der Waals surface area contributed by atoms with Gasteiger partial charge in [-0.15, -0.1) is 0 Å². The van der Waals surface area contributed by atoms with Crippen LogP contribution in [0.2, 0.25) is 10.3 Å². The fourth-order valence-corrected chi connectivity index (χ4v) is 2.81. The van der Waals surface area contributed by atoms with E-state index in [0.717, 1.165) is 16.6 Å². The molecule has 1 aromatic carbocycles. The third-order valence-corrected chi connectivity index (χ3v) is 3.80. The summed E-state index contributed by atoms with van der Waals surface area (Å²) in [5, 5.41) is 0.772. The summed E-state index contributed by atoms with van der Waals surface area (Å²) in [7, 11) is 4.00. The van der Waals surface area contributed by atoms with Gasteiger partial charge < -0.3 is 4.90 Å². The van der Waals surface area contributed by atoms with Gasteiger partial charge in [0.25, 0.3) is 0 Å². The molecule has 20 heavy (non-hydrogen) atoms. The highest BCUT2D eigenvalue weighted by molar-refractivity contribution is 9.10. The van der Waals surface area contributed by atoms with Crippen LogP contribution in [-0.4, -0.2) is 35.5 Å². The van der Waals surface area contributed by atoms with Gasteiger partial charge in [-0.05, 0) is 31.8 Å². The second-order valence-electron chi connectivity index (χ2n) is 4.66. The third-order valence-electron chi connectivity index (χ3n) is 2.76. The molecule has 0 radical (unpaired) electrons. The van der Waals surface area contributed by atoms with Crippen LogP contribution >= 0.6 is 39.1 Å². The maximum Gasteiger partial charge on any atom is 0.142 e. The van der Waals surface area contributed by atoms with Gasteiger partial charge in [-0.2, -0.15) is 0 Å². The Labute approximate surface area is 137 Å². The minimum absolute atomic E-state index is 0.386. The van der Waals surface area contributed by atoms with Crippen molar-refractivity contribution in [3.8, 4) is 11.1 Å². The van der Waals surface area contributed by atoms with Gasteiger partial charge in [0.05, 0.1) is 5.56 Å². The number of aromatic nitrogens is 2. The van der Waals surface area contributed by atoms with Crippen molar-refractivity contribution in [2.45, 2.75) is 6.42 Å². The molecule has 1 heterocycles. The van der Waals surface area contributed by atoms with E-state index in [0.29, 0.717) is 28.1 Å². The maximum absolute atomic E-state index is 6.27. The Kier molecular flexibility index (Phi) is 5.38. The summed E-state index contributed by atoms with van der Waals surface area (Å²) >= 11 is 16.0. The third kappa shape index (κ3) is 3.92. The topological polar surface area (TPSA) is 29.0 Å². The standard InChI is InChI=1S/C14H14BrCl2N3/c1-20(2)7-6-11-18-13(16)12(14(17)19-11)9-4-3-5-10(15)8-9/h3-5,8H,6-7H2,1-2H3. The van der Waals surface area contributed by atoms with E-state index >= 15 is 0 Å². The lowest BCUT2D eigenvalue weighted by Crippen LogP contribution is -2.16. The van der Waals surface area contributed by atoms with Crippen LogP contribution in [0, 0.1) is 0 Å². The summed E-state index contributed by atoms with van der Waals surface area (Å²) in [6.07, 6.45) is 0.713. The van der Waals surface area contributed by atoms with Crippen molar-refractivity contribution in [2.75, 3.05) is 20.6 Å². The lowest BCUT2D eigenvalue weighted by atomic mass is 10.1. The predicted octanol–water partition coefficient (Wildman–Crippen LogP) is 4.32. The highest BCUT2D eigenvalue weighted by Crippen LogP contribution is 2.33. The van der Waals surface area contributed by atoms with E-state index < -0.39 is 0 Å². The Hall–Kier alpha value is -0.680. The fourth-order valence-electron chi connectivity index (χ4n) is 1.77. The summed E-state index contributed by atoms with van der Waals surface area (Å²) < 4.78 is 0.957. The fraction of sp³-hybridized carbons (Fsp3) is 0.286. The van der Waals surface area contributed by atoms with Crippen LogP contribution in [0.5, 0.6) is 0 Å². The molecule has 0 N–H and O–H groups in total. The summed E-state index contributed by atoms with van der Waals surface area (Å²) in [6, 6.07) is 7.74. The van der Waals surface area contributed by atoms with Gasteiger partial charge in [-0.25, -0.2) is 9.97 Å². The van der Waals surface area contributed by atoms with Crippen LogP contribution in [0.15, 0.2) is 28.7 Å². The molecule has 2 rings (SSSR count). The lowest BCUT2D eigenvalue weighted by molar-refractivity contribution is 0.409. The molecular weight excluding hydrogens is 361 g/mol. The highest BCUT2D eigenvalue weighted by Gasteiger charge is 2.14. The van der Waals surface area contributed by atoms with E-state index in [4.69, 9.17) is 23.2 Å². The molecule has 106 valence electrons. The molecule has 0 saturated heterocycles. The van der Waals surface area contributed by atoms with Crippen LogP contribution in [0.4, 0.5) is 0 Å². The number of likely N-dealkylation sites (N-methyl/N-ethyl adjacent to an activating group) is 1. The van der Waals surface area contributed by atoms with E-state index in [1.165, 1.54) is 0 Å². The molecule has 0 unspecified atom stereocenters. The Morgan fingerprint density at radius 3 is 2.35 bits per heavy atom. The average Bonchev–Trinajstić information content (AvgIpc) is 2.35.